The second-order valence-electron chi connectivity index (χ2n) is 2.80. The van der Waals surface area contributed by atoms with Crippen LogP contribution in [0, 0.1) is 6.42 Å². The molecule has 1 heterocycles. The zero-order valence-electron chi connectivity index (χ0n) is 8.86. The smallest absolute Gasteiger partial charge is 0.529 e. The van der Waals surface area contributed by atoms with Gasteiger partial charge in [-0.2, -0.15) is 0 Å². The minimum atomic E-state index is -1.24. The van der Waals surface area contributed by atoms with Gasteiger partial charge < -0.3 is 14.8 Å². The van der Waals surface area contributed by atoms with E-state index in [0.717, 1.165) is 10.5 Å². The number of benzene rings is 1. The number of carboxylic acid groups (broad SMARTS) is 1. The summed E-state index contributed by atoms with van der Waals surface area (Å²) in [6.45, 7) is 3.62. The van der Waals surface area contributed by atoms with E-state index in [1.54, 1.807) is 18.6 Å². The van der Waals surface area contributed by atoms with E-state index in [1.165, 1.54) is 0 Å². The minimum Gasteiger partial charge on any atom is -0.529 e. The van der Waals surface area contributed by atoms with E-state index in [1.807, 2.05) is 12.1 Å². The van der Waals surface area contributed by atoms with Crippen LogP contribution < -0.4 is 28.9 Å². The average Bonchev–Trinajstić information content (AvgIpc) is 2.39. The van der Waals surface area contributed by atoms with Gasteiger partial charge in [0.25, 0.3) is 0 Å². The number of para-hydroxylation sites is 1. The van der Waals surface area contributed by atoms with Crippen LogP contribution in [0.4, 0.5) is 10.5 Å². The molecule has 0 fully saturated rings. The maximum atomic E-state index is 10.7. The van der Waals surface area contributed by atoms with E-state index in [2.05, 4.69) is 6.58 Å². The second kappa shape index (κ2) is 5.49. The Morgan fingerprint density at radius 2 is 1.93 bits per heavy atom. The minimum absolute atomic E-state index is 0. The summed E-state index contributed by atoms with van der Waals surface area (Å²) in [4.78, 5) is 11.8. The van der Waals surface area contributed by atoms with E-state index in [0.29, 0.717) is 11.4 Å². The van der Waals surface area contributed by atoms with Crippen LogP contribution in [-0.4, -0.2) is 25.0 Å². The Bertz CT molecular complexity index is 393. The Morgan fingerprint density at radius 3 is 2.53 bits per heavy atom. The second-order valence-corrected chi connectivity index (χ2v) is 2.80. The molecule has 0 aliphatic carbocycles. The molecule has 1 aliphatic rings. The van der Waals surface area contributed by atoms with Crippen molar-refractivity contribution in [2.75, 3.05) is 4.90 Å². The molecule has 2 radical (unpaired) electrons. The molecule has 5 heteroatoms. The number of amides is 1. The number of hydrogen-bond donors (Lipinski definition) is 0. The molecule has 0 bridgehead atoms. The molecule has 0 spiro atoms. The summed E-state index contributed by atoms with van der Waals surface area (Å²) < 4.78 is 0. The molecule has 1 aromatic rings. The molecule has 66 valence electrons. The number of carbonyl (C=O) groups excluding carboxylic acids is 1. The van der Waals surface area contributed by atoms with Crippen molar-refractivity contribution in [2.45, 2.75) is 0 Å². The molecule has 3 nitrogen and oxygen atoms in total. The number of fused-ring (bicyclic) bond motifs is 1. The van der Waals surface area contributed by atoms with Gasteiger partial charge in [0.15, 0.2) is 0 Å². The Kier molecular flexibility index (Phi) is 5.28. The molecule has 0 aromatic heterocycles. The topological polar surface area (TPSA) is 43.4 Å². The first kappa shape index (κ1) is 14.4. The molecule has 1 amide bonds. The third-order valence-corrected chi connectivity index (χ3v) is 1.97. The van der Waals surface area contributed by atoms with Crippen LogP contribution in [0.15, 0.2) is 36.5 Å². The molecule has 1 aliphatic heterocycles. The SMILES string of the molecule is C=C1[CH]c2ccccc2N1C(=O)[O-].[Li+].[Li]. The van der Waals surface area contributed by atoms with Crippen molar-refractivity contribution in [3.05, 3.63) is 48.5 Å². The predicted molar refractivity (Wildman–Crippen MR) is 52.6 cm³/mol. The molecular weight excluding hydrogens is 180 g/mol. The van der Waals surface area contributed by atoms with Gasteiger partial charge in [0.1, 0.15) is 6.09 Å². The number of rotatable bonds is 0. The zero-order valence-corrected chi connectivity index (χ0v) is 8.86. The van der Waals surface area contributed by atoms with Gasteiger partial charge in [-0.15, -0.1) is 0 Å². The fourth-order valence-electron chi connectivity index (χ4n) is 1.43. The predicted octanol–water partition coefficient (Wildman–Crippen LogP) is -2.46. The van der Waals surface area contributed by atoms with Gasteiger partial charge >= 0.3 is 18.9 Å². The quantitative estimate of drug-likeness (QED) is 0.423. The third kappa shape index (κ3) is 2.51. The van der Waals surface area contributed by atoms with E-state index >= 15 is 0 Å². The average molecular weight is 187 g/mol. The van der Waals surface area contributed by atoms with Gasteiger partial charge in [-0.3, -0.25) is 0 Å². The van der Waals surface area contributed by atoms with Crippen LogP contribution in [-0.2, 0) is 0 Å². The molecule has 0 saturated heterocycles. The van der Waals surface area contributed by atoms with E-state index in [4.69, 9.17) is 0 Å². The molecule has 15 heavy (non-hydrogen) atoms. The van der Waals surface area contributed by atoms with Crippen LogP contribution in [0.1, 0.15) is 5.56 Å². The van der Waals surface area contributed by atoms with Crippen molar-refractivity contribution in [1.82, 2.24) is 0 Å². The Balaban J connectivity index is 0.000000980. The number of hydrogen-bond acceptors (Lipinski definition) is 2. The number of nitrogens with zero attached hydrogens (tertiary/aromatic N) is 1. The standard InChI is InChI=1S/C10H8NO2.2Li/c1-7-6-8-4-2-3-5-9(8)11(7)10(12)13;;/h2-6H,1H2,(H,12,13);;/q;;+1/p-1. The van der Waals surface area contributed by atoms with Gasteiger partial charge in [-0.1, -0.05) is 24.8 Å². The van der Waals surface area contributed by atoms with Gasteiger partial charge in [-0.25, -0.2) is 0 Å². The molecular formula is C10H7Li2NO2. The summed E-state index contributed by atoms with van der Waals surface area (Å²) in [5.74, 6) is 0. The van der Waals surface area contributed by atoms with E-state index < -0.39 is 6.09 Å². The Morgan fingerprint density at radius 1 is 1.33 bits per heavy atom. The summed E-state index contributed by atoms with van der Waals surface area (Å²) in [5, 5.41) is 10.7. The Hall–Kier alpha value is -0.575. The first-order valence-corrected chi connectivity index (χ1v) is 3.84. The zero-order chi connectivity index (χ0) is 9.42. The maximum Gasteiger partial charge on any atom is 1.00 e. The van der Waals surface area contributed by atoms with Crippen molar-refractivity contribution in [2.24, 2.45) is 0 Å². The number of carbonyl (C=O) groups is 1. The van der Waals surface area contributed by atoms with Crippen LogP contribution in [0.5, 0.6) is 0 Å². The largest absolute Gasteiger partial charge is 1.00 e. The van der Waals surface area contributed by atoms with Gasteiger partial charge in [0.05, 0.1) is 5.69 Å². The first-order chi connectivity index (χ1) is 6.20. The van der Waals surface area contributed by atoms with Crippen molar-refractivity contribution in [3.8, 4) is 0 Å². The van der Waals surface area contributed by atoms with Crippen molar-refractivity contribution < 1.29 is 28.8 Å². The fraction of sp³-hybridized carbons (Fsp3) is 0. The summed E-state index contributed by atoms with van der Waals surface area (Å²) in [6.07, 6.45) is 0.469. The van der Waals surface area contributed by atoms with Gasteiger partial charge in [0, 0.05) is 31.0 Å². The first-order valence-electron chi connectivity index (χ1n) is 3.84. The summed E-state index contributed by atoms with van der Waals surface area (Å²) in [5.41, 5.74) is 1.91. The monoisotopic (exact) mass is 187 g/mol. The number of allylic oxidation sites excluding steroid dienone is 1. The fourth-order valence-corrected chi connectivity index (χ4v) is 1.43. The van der Waals surface area contributed by atoms with Crippen molar-refractivity contribution >= 4 is 30.6 Å². The molecule has 0 N–H and O–H groups in total. The molecule has 0 atom stereocenters. The van der Waals surface area contributed by atoms with Gasteiger partial charge in [-0.05, 0) is 11.6 Å². The summed E-state index contributed by atoms with van der Waals surface area (Å²) in [6, 6.07) is 7.19. The summed E-state index contributed by atoms with van der Waals surface area (Å²) >= 11 is 0. The molecule has 0 saturated carbocycles. The van der Waals surface area contributed by atoms with Gasteiger partial charge in [0.2, 0.25) is 0 Å². The normalized spacial score (nSPS) is 12.5. The van der Waals surface area contributed by atoms with Crippen LogP contribution in [0.3, 0.4) is 0 Å². The summed E-state index contributed by atoms with van der Waals surface area (Å²) in [7, 11) is 0. The molecule has 0 unspecified atom stereocenters. The third-order valence-electron chi connectivity index (χ3n) is 1.97. The molecule has 2 rings (SSSR count). The Labute approximate surface area is 113 Å². The molecule has 1 aromatic carbocycles. The van der Waals surface area contributed by atoms with Crippen molar-refractivity contribution in [3.63, 3.8) is 0 Å². The van der Waals surface area contributed by atoms with Crippen LogP contribution >= 0.6 is 0 Å². The van der Waals surface area contributed by atoms with Crippen LogP contribution in [0.2, 0.25) is 0 Å². The van der Waals surface area contributed by atoms with E-state index in [9.17, 15) is 9.90 Å². The maximum absolute atomic E-state index is 10.7. The van der Waals surface area contributed by atoms with E-state index in [-0.39, 0.29) is 37.7 Å². The van der Waals surface area contributed by atoms with Crippen molar-refractivity contribution in [1.29, 1.82) is 0 Å². The number of anilines is 1. The van der Waals surface area contributed by atoms with Crippen LogP contribution in [0.25, 0.3) is 0 Å².